The summed E-state index contributed by atoms with van der Waals surface area (Å²) in [5.74, 6) is 0.251. The van der Waals surface area contributed by atoms with Crippen LogP contribution in [0.1, 0.15) is 35.7 Å². The largest absolute Gasteiger partial charge is 0.348 e. The van der Waals surface area contributed by atoms with Crippen LogP contribution in [0.25, 0.3) is 5.78 Å². The molecule has 6 nitrogen and oxygen atoms in total. The van der Waals surface area contributed by atoms with Crippen molar-refractivity contribution in [3.05, 3.63) is 58.1 Å². The highest BCUT2D eigenvalue weighted by molar-refractivity contribution is 9.10. The van der Waals surface area contributed by atoms with Crippen molar-refractivity contribution in [1.29, 1.82) is 0 Å². The molecule has 2 heterocycles. The van der Waals surface area contributed by atoms with Crippen LogP contribution in [0.4, 0.5) is 0 Å². The Morgan fingerprint density at radius 2 is 1.96 bits per heavy atom. The molecule has 0 aliphatic rings. The first-order valence-corrected chi connectivity index (χ1v) is 8.39. The minimum Gasteiger partial charge on any atom is -0.348 e. The third-order valence-corrected chi connectivity index (χ3v) is 4.48. The fourth-order valence-corrected chi connectivity index (χ4v) is 2.65. The summed E-state index contributed by atoms with van der Waals surface area (Å²) in [7, 11) is 0. The molecule has 1 aromatic carbocycles. The lowest BCUT2D eigenvalue weighted by molar-refractivity contribution is 0.0935. The predicted molar refractivity (Wildman–Crippen MR) is 95.0 cm³/mol. The van der Waals surface area contributed by atoms with Gasteiger partial charge in [0.2, 0.25) is 5.82 Å². The summed E-state index contributed by atoms with van der Waals surface area (Å²) < 4.78 is 2.59. The van der Waals surface area contributed by atoms with Gasteiger partial charge in [-0.15, -0.1) is 5.10 Å². The number of hydrogen-bond donors (Lipinski definition) is 1. The van der Waals surface area contributed by atoms with Gasteiger partial charge in [0.1, 0.15) is 0 Å². The van der Waals surface area contributed by atoms with Crippen LogP contribution in [0.5, 0.6) is 0 Å². The number of carbonyl (C=O) groups excluding carboxylic acids is 1. The highest BCUT2D eigenvalue weighted by atomic mass is 79.9. The number of fused-ring (bicyclic) bond motifs is 1. The number of hydrogen-bond acceptors (Lipinski definition) is 4. The Morgan fingerprint density at radius 1 is 1.25 bits per heavy atom. The van der Waals surface area contributed by atoms with Crippen LogP contribution in [0.15, 0.2) is 41.0 Å². The number of carbonyl (C=O) groups is 1. The maximum Gasteiger partial charge on any atom is 0.291 e. The third kappa shape index (κ3) is 3.31. The summed E-state index contributed by atoms with van der Waals surface area (Å²) in [6.45, 7) is 6.54. The fourth-order valence-electron chi connectivity index (χ4n) is 2.39. The summed E-state index contributed by atoms with van der Waals surface area (Å²) in [5.41, 5.74) is 1.82. The second-order valence-corrected chi connectivity index (χ2v) is 7.22. The number of aryl methyl sites for hydroxylation is 1. The predicted octanol–water partition coefficient (Wildman–Crippen LogP) is 2.90. The Balaban J connectivity index is 1.74. The smallest absolute Gasteiger partial charge is 0.291 e. The SMILES string of the molecule is Cc1ccnc2nc(C(=O)NCC(C)(C)c3ccc(Br)cc3)nn12. The van der Waals surface area contributed by atoms with Crippen molar-refractivity contribution in [3.8, 4) is 0 Å². The van der Waals surface area contributed by atoms with Crippen molar-refractivity contribution in [2.24, 2.45) is 0 Å². The summed E-state index contributed by atoms with van der Waals surface area (Å²) in [4.78, 5) is 20.7. The van der Waals surface area contributed by atoms with Gasteiger partial charge in [0.05, 0.1) is 0 Å². The van der Waals surface area contributed by atoms with Gasteiger partial charge in [0.25, 0.3) is 11.7 Å². The quantitative estimate of drug-likeness (QED) is 0.746. The van der Waals surface area contributed by atoms with Gasteiger partial charge in [-0.05, 0) is 30.7 Å². The molecule has 0 bridgehead atoms. The van der Waals surface area contributed by atoms with Crippen LogP contribution < -0.4 is 5.32 Å². The maximum atomic E-state index is 12.4. The van der Waals surface area contributed by atoms with Crippen LogP contribution in [-0.2, 0) is 5.41 Å². The van der Waals surface area contributed by atoms with E-state index >= 15 is 0 Å². The van der Waals surface area contributed by atoms with Crippen molar-refractivity contribution >= 4 is 27.6 Å². The lowest BCUT2D eigenvalue weighted by Crippen LogP contribution is -2.37. The molecule has 0 aliphatic carbocycles. The van der Waals surface area contributed by atoms with Gasteiger partial charge in [-0.2, -0.15) is 4.98 Å². The molecule has 1 N–H and O–H groups in total. The second-order valence-electron chi connectivity index (χ2n) is 6.31. The summed E-state index contributed by atoms with van der Waals surface area (Å²) >= 11 is 3.43. The highest BCUT2D eigenvalue weighted by Gasteiger charge is 2.23. The lowest BCUT2D eigenvalue weighted by Gasteiger charge is -2.25. The third-order valence-electron chi connectivity index (χ3n) is 3.95. The molecule has 0 atom stereocenters. The second kappa shape index (κ2) is 6.32. The molecule has 0 aliphatic heterocycles. The monoisotopic (exact) mass is 387 g/mol. The van der Waals surface area contributed by atoms with Crippen molar-refractivity contribution in [2.45, 2.75) is 26.2 Å². The first-order valence-electron chi connectivity index (χ1n) is 7.59. The summed E-state index contributed by atoms with van der Waals surface area (Å²) in [6.07, 6.45) is 1.65. The normalized spacial score (nSPS) is 11.7. The number of benzene rings is 1. The average molecular weight is 388 g/mol. The van der Waals surface area contributed by atoms with Crippen LogP contribution in [0, 0.1) is 6.92 Å². The Labute approximate surface area is 148 Å². The summed E-state index contributed by atoms with van der Waals surface area (Å²) in [6, 6.07) is 9.91. The zero-order valence-electron chi connectivity index (χ0n) is 13.7. The number of nitrogens with zero attached hydrogens (tertiary/aromatic N) is 4. The molecule has 124 valence electrons. The first kappa shape index (κ1) is 16.6. The molecule has 1 amide bonds. The van der Waals surface area contributed by atoms with Crippen LogP contribution in [-0.4, -0.2) is 32.0 Å². The van der Waals surface area contributed by atoms with Gasteiger partial charge in [-0.3, -0.25) is 4.79 Å². The Morgan fingerprint density at radius 3 is 2.62 bits per heavy atom. The Bertz CT molecular complexity index is 886. The molecular weight excluding hydrogens is 370 g/mol. The molecule has 2 aromatic heterocycles. The zero-order chi connectivity index (χ0) is 17.3. The number of nitrogens with one attached hydrogen (secondary N) is 1. The van der Waals surface area contributed by atoms with Gasteiger partial charge in [0, 0.05) is 28.3 Å². The minimum absolute atomic E-state index is 0.128. The van der Waals surface area contributed by atoms with Gasteiger partial charge in [-0.25, -0.2) is 9.50 Å². The molecule has 0 fully saturated rings. The molecule has 7 heteroatoms. The van der Waals surface area contributed by atoms with E-state index in [1.54, 1.807) is 10.7 Å². The number of rotatable bonds is 4. The van der Waals surface area contributed by atoms with Crippen LogP contribution in [0.2, 0.25) is 0 Å². The van der Waals surface area contributed by atoms with E-state index in [0.717, 1.165) is 15.7 Å². The van der Waals surface area contributed by atoms with Gasteiger partial charge >= 0.3 is 0 Å². The molecule has 24 heavy (non-hydrogen) atoms. The van der Waals surface area contributed by atoms with E-state index in [9.17, 15) is 4.79 Å². The van der Waals surface area contributed by atoms with Crippen molar-refractivity contribution in [2.75, 3.05) is 6.54 Å². The van der Waals surface area contributed by atoms with E-state index in [1.165, 1.54) is 0 Å². The van der Waals surface area contributed by atoms with E-state index in [-0.39, 0.29) is 17.1 Å². The van der Waals surface area contributed by atoms with Crippen molar-refractivity contribution < 1.29 is 4.79 Å². The molecule has 0 saturated heterocycles. The molecular formula is C17H18BrN5O. The van der Waals surface area contributed by atoms with Gasteiger partial charge in [0.15, 0.2) is 0 Å². The standard InChI is InChI=1S/C17H18BrN5O/c1-11-8-9-19-16-21-14(22-23(11)16)15(24)20-10-17(2,3)12-4-6-13(18)7-5-12/h4-9H,10H2,1-3H3,(H,20,24). The number of halogens is 1. The molecule has 3 aromatic rings. The van der Waals surface area contributed by atoms with Crippen LogP contribution >= 0.6 is 15.9 Å². The molecule has 0 spiro atoms. The topological polar surface area (TPSA) is 72.2 Å². The van der Waals surface area contributed by atoms with Crippen molar-refractivity contribution in [3.63, 3.8) is 0 Å². The molecule has 3 rings (SSSR count). The van der Waals surface area contributed by atoms with E-state index in [2.05, 4.69) is 50.2 Å². The van der Waals surface area contributed by atoms with E-state index in [1.807, 2.05) is 37.3 Å². The molecule has 0 radical (unpaired) electrons. The van der Waals surface area contributed by atoms with E-state index < -0.39 is 0 Å². The van der Waals surface area contributed by atoms with Crippen molar-refractivity contribution in [1.82, 2.24) is 24.9 Å². The van der Waals surface area contributed by atoms with Gasteiger partial charge < -0.3 is 5.32 Å². The highest BCUT2D eigenvalue weighted by Crippen LogP contribution is 2.24. The molecule has 0 saturated carbocycles. The molecule has 0 unspecified atom stereocenters. The fraction of sp³-hybridized carbons (Fsp3) is 0.294. The Kier molecular flexibility index (Phi) is 4.36. The van der Waals surface area contributed by atoms with E-state index in [0.29, 0.717) is 12.3 Å². The Hall–Kier alpha value is -2.28. The maximum absolute atomic E-state index is 12.4. The van der Waals surface area contributed by atoms with E-state index in [4.69, 9.17) is 0 Å². The summed E-state index contributed by atoms with van der Waals surface area (Å²) in [5, 5.41) is 7.14. The lowest BCUT2D eigenvalue weighted by atomic mass is 9.84. The van der Waals surface area contributed by atoms with Gasteiger partial charge in [-0.1, -0.05) is 41.9 Å². The number of aromatic nitrogens is 4. The average Bonchev–Trinajstić information content (AvgIpc) is 2.99. The minimum atomic E-state index is -0.301. The number of amides is 1. The zero-order valence-corrected chi connectivity index (χ0v) is 15.3. The first-order chi connectivity index (χ1) is 11.4. The van der Waals surface area contributed by atoms with Crippen LogP contribution in [0.3, 0.4) is 0 Å².